The van der Waals surface area contributed by atoms with E-state index in [0.29, 0.717) is 24.1 Å². The Morgan fingerprint density at radius 2 is 1.83 bits per heavy atom. The van der Waals surface area contributed by atoms with Crippen molar-refractivity contribution in [2.75, 3.05) is 11.0 Å². The number of anilines is 1. The molecule has 0 aliphatic heterocycles. The second kappa shape index (κ2) is 6.57. The number of carboxylic acid groups (broad SMARTS) is 1. The van der Waals surface area contributed by atoms with Gasteiger partial charge in [-0.05, 0) is 31.4 Å². The molecule has 1 aromatic rings. The van der Waals surface area contributed by atoms with Gasteiger partial charge in [0.25, 0.3) is 0 Å². The van der Waals surface area contributed by atoms with E-state index < -0.39 is 33.9 Å². The van der Waals surface area contributed by atoms with Crippen molar-refractivity contribution in [2.45, 2.75) is 25.8 Å². The maximum Gasteiger partial charge on any atom is 0.307 e. The molecule has 126 valence electrons. The Bertz CT molecular complexity index is 716. The summed E-state index contributed by atoms with van der Waals surface area (Å²) < 4.78 is 25.2. The number of hydrogen-bond donors (Lipinski definition) is 3. The lowest BCUT2D eigenvalue weighted by Crippen LogP contribution is -2.44. The van der Waals surface area contributed by atoms with Crippen molar-refractivity contribution in [1.29, 1.82) is 0 Å². The third-order valence-corrected chi connectivity index (χ3v) is 4.60. The van der Waals surface area contributed by atoms with Gasteiger partial charge in [-0.2, -0.15) is 0 Å². The van der Waals surface area contributed by atoms with Gasteiger partial charge in [0, 0.05) is 0 Å². The highest BCUT2D eigenvalue weighted by molar-refractivity contribution is 7.92. The minimum absolute atomic E-state index is 0.315. The third-order valence-electron chi connectivity index (χ3n) is 4.01. The van der Waals surface area contributed by atoms with Crippen LogP contribution in [0.15, 0.2) is 24.3 Å². The third kappa shape index (κ3) is 4.22. The highest BCUT2D eigenvalue weighted by atomic mass is 32.2. The van der Waals surface area contributed by atoms with E-state index in [9.17, 15) is 18.0 Å². The molecule has 1 aliphatic carbocycles. The van der Waals surface area contributed by atoms with E-state index >= 15 is 0 Å². The normalized spacial score (nSPS) is 21.8. The van der Waals surface area contributed by atoms with Gasteiger partial charge in [0.2, 0.25) is 15.9 Å². The van der Waals surface area contributed by atoms with E-state index in [1.165, 1.54) is 0 Å². The first-order chi connectivity index (χ1) is 10.7. The van der Waals surface area contributed by atoms with Crippen molar-refractivity contribution in [3.05, 3.63) is 29.8 Å². The molecule has 3 N–H and O–H groups in total. The van der Waals surface area contributed by atoms with E-state index in [1.54, 1.807) is 31.2 Å². The summed E-state index contributed by atoms with van der Waals surface area (Å²) in [4.78, 5) is 23.2. The zero-order valence-electron chi connectivity index (χ0n) is 12.9. The number of nitrogens with one attached hydrogen (secondary N) is 2. The molecule has 2 rings (SSSR count). The summed E-state index contributed by atoms with van der Waals surface area (Å²) in [6.45, 7) is 1.73. The van der Waals surface area contributed by atoms with Crippen LogP contribution in [-0.4, -0.2) is 31.7 Å². The van der Waals surface area contributed by atoms with Crippen molar-refractivity contribution in [3.63, 3.8) is 0 Å². The molecule has 0 saturated heterocycles. The van der Waals surface area contributed by atoms with Gasteiger partial charge in [-0.25, -0.2) is 8.42 Å². The van der Waals surface area contributed by atoms with Gasteiger partial charge in [-0.1, -0.05) is 18.2 Å². The van der Waals surface area contributed by atoms with Crippen LogP contribution in [0.5, 0.6) is 0 Å². The van der Waals surface area contributed by atoms with Gasteiger partial charge in [0.15, 0.2) is 0 Å². The first-order valence-electron chi connectivity index (χ1n) is 7.29. The average molecular weight is 340 g/mol. The molecular weight excluding hydrogens is 320 g/mol. The van der Waals surface area contributed by atoms with Gasteiger partial charge < -0.3 is 10.4 Å². The van der Waals surface area contributed by atoms with Crippen LogP contribution in [0.4, 0.5) is 5.69 Å². The first-order valence-corrected chi connectivity index (χ1v) is 9.18. The standard InChI is InChI=1S/C15H20N2O5S/c1-9(16-14(18)11-7-8-12(11)15(19)20)10-5-3-4-6-13(10)17-23(2,21)22/h3-6,9,11-12,17H,7-8H2,1-2H3,(H,16,18)(H,19,20). The van der Waals surface area contributed by atoms with Gasteiger partial charge in [0.1, 0.15) is 0 Å². The summed E-state index contributed by atoms with van der Waals surface area (Å²) in [5.74, 6) is -2.43. The summed E-state index contributed by atoms with van der Waals surface area (Å²) in [7, 11) is -3.43. The number of carboxylic acids is 1. The molecule has 8 heteroatoms. The molecule has 0 radical (unpaired) electrons. The van der Waals surface area contributed by atoms with Crippen molar-refractivity contribution >= 4 is 27.6 Å². The smallest absolute Gasteiger partial charge is 0.307 e. The summed E-state index contributed by atoms with van der Waals surface area (Å²) >= 11 is 0. The molecule has 0 aromatic heterocycles. The Kier molecular flexibility index (Phi) is 4.93. The number of carbonyl (C=O) groups is 2. The maximum atomic E-state index is 12.2. The van der Waals surface area contributed by atoms with Crippen LogP contribution in [0, 0.1) is 11.8 Å². The van der Waals surface area contributed by atoms with Crippen LogP contribution < -0.4 is 10.0 Å². The topological polar surface area (TPSA) is 113 Å². The molecule has 1 aliphatic rings. The molecule has 3 atom stereocenters. The Labute approximate surface area is 135 Å². The summed E-state index contributed by atoms with van der Waals surface area (Å²) in [6, 6.07) is 6.33. The maximum absolute atomic E-state index is 12.2. The van der Waals surface area contributed by atoms with Crippen LogP contribution in [0.25, 0.3) is 0 Å². The minimum atomic E-state index is -3.43. The summed E-state index contributed by atoms with van der Waals surface area (Å²) in [5, 5.41) is 11.8. The average Bonchev–Trinajstić information content (AvgIpc) is 2.34. The predicted molar refractivity (Wildman–Crippen MR) is 85.3 cm³/mol. The molecule has 0 bridgehead atoms. The zero-order chi connectivity index (χ0) is 17.2. The number of aliphatic carboxylic acids is 1. The number of rotatable bonds is 6. The molecular formula is C15H20N2O5S. The fourth-order valence-corrected chi connectivity index (χ4v) is 3.26. The van der Waals surface area contributed by atoms with E-state index in [-0.39, 0.29) is 5.91 Å². The van der Waals surface area contributed by atoms with Crippen LogP contribution in [0.3, 0.4) is 0 Å². The fourth-order valence-electron chi connectivity index (χ4n) is 2.67. The summed E-state index contributed by atoms with van der Waals surface area (Å²) in [5.41, 5.74) is 1.02. The SMILES string of the molecule is CC(NC(=O)C1CCC1C(=O)O)c1ccccc1NS(C)(=O)=O. The molecule has 1 aromatic carbocycles. The lowest BCUT2D eigenvalue weighted by Gasteiger charge is -2.33. The Balaban J connectivity index is 2.11. The highest BCUT2D eigenvalue weighted by Crippen LogP contribution is 2.35. The highest BCUT2D eigenvalue weighted by Gasteiger charge is 2.41. The van der Waals surface area contributed by atoms with E-state index in [4.69, 9.17) is 5.11 Å². The number of benzene rings is 1. The van der Waals surface area contributed by atoms with E-state index in [2.05, 4.69) is 10.0 Å². The molecule has 1 amide bonds. The van der Waals surface area contributed by atoms with Gasteiger partial charge in [0.05, 0.1) is 29.8 Å². The molecule has 1 fully saturated rings. The van der Waals surface area contributed by atoms with Crippen molar-refractivity contribution in [1.82, 2.24) is 5.32 Å². The molecule has 7 nitrogen and oxygen atoms in total. The van der Waals surface area contributed by atoms with Crippen LogP contribution in [-0.2, 0) is 19.6 Å². The van der Waals surface area contributed by atoms with Crippen LogP contribution >= 0.6 is 0 Å². The first kappa shape index (κ1) is 17.3. The lowest BCUT2D eigenvalue weighted by molar-refractivity contribution is -0.152. The van der Waals surface area contributed by atoms with E-state index in [0.717, 1.165) is 6.26 Å². The Morgan fingerprint density at radius 1 is 1.22 bits per heavy atom. The molecule has 0 spiro atoms. The zero-order valence-corrected chi connectivity index (χ0v) is 13.8. The van der Waals surface area contributed by atoms with Crippen molar-refractivity contribution in [3.8, 4) is 0 Å². The number of sulfonamides is 1. The van der Waals surface area contributed by atoms with E-state index in [1.807, 2.05) is 0 Å². The lowest BCUT2D eigenvalue weighted by atomic mass is 9.73. The second-order valence-electron chi connectivity index (χ2n) is 5.82. The number of carbonyl (C=O) groups excluding carboxylic acids is 1. The molecule has 0 heterocycles. The second-order valence-corrected chi connectivity index (χ2v) is 7.57. The number of para-hydroxylation sites is 1. The van der Waals surface area contributed by atoms with Gasteiger partial charge in [-0.3, -0.25) is 14.3 Å². The van der Waals surface area contributed by atoms with Gasteiger partial charge in [-0.15, -0.1) is 0 Å². The number of hydrogen-bond acceptors (Lipinski definition) is 4. The monoisotopic (exact) mass is 340 g/mol. The minimum Gasteiger partial charge on any atom is -0.481 e. The Hall–Kier alpha value is -2.09. The molecule has 3 unspecified atom stereocenters. The Morgan fingerprint density at radius 3 is 2.35 bits per heavy atom. The largest absolute Gasteiger partial charge is 0.481 e. The quantitative estimate of drug-likeness (QED) is 0.723. The summed E-state index contributed by atoms with van der Waals surface area (Å²) in [6.07, 6.45) is 2.12. The van der Waals surface area contributed by atoms with Crippen molar-refractivity contribution in [2.24, 2.45) is 11.8 Å². The van der Waals surface area contributed by atoms with Crippen molar-refractivity contribution < 1.29 is 23.1 Å². The fraction of sp³-hybridized carbons (Fsp3) is 0.467. The predicted octanol–water partition coefficient (Wildman–Crippen LogP) is 1.35. The van der Waals surface area contributed by atoms with Gasteiger partial charge >= 0.3 is 5.97 Å². The molecule has 23 heavy (non-hydrogen) atoms. The van der Waals surface area contributed by atoms with Crippen LogP contribution in [0.2, 0.25) is 0 Å². The molecule has 1 saturated carbocycles. The number of amides is 1. The van der Waals surface area contributed by atoms with Crippen LogP contribution in [0.1, 0.15) is 31.4 Å².